The zero-order valence-electron chi connectivity index (χ0n) is 14.3. The smallest absolute Gasteiger partial charge is 0.313 e. The van der Waals surface area contributed by atoms with Crippen LogP contribution < -0.4 is 14.2 Å². The highest BCUT2D eigenvalue weighted by atomic mass is 16.6. The van der Waals surface area contributed by atoms with E-state index >= 15 is 0 Å². The van der Waals surface area contributed by atoms with Gasteiger partial charge in [0.2, 0.25) is 11.5 Å². The number of hydrogen-bond donors (Lipinski definition) is 1. The first-order valence-corrected chi connectivity index (χ1v) is 7.41. The molecule has 0 aromatic heterocycles. The summed E-state index contributed by atoms with van der Waals surface area (Å²) in [5.74, 6) is -0.0908. The number of aryl methyl sites for hydroxylation is 2. The Kier molecular flexibility index (Phi) is 4.68. The van der Waals surface area contributed by atoms with Crippen molar-refractivity contribution in [2.24, 2.45) is 5.92 Å². The van der Waals surface area contributed by atoms with Crippen LogP contribution in [-0.4, -0.2) is 25.3 Å². The number of fused-ring (bicyclic) bond motifs is 1. The predicted molar refractivity (Wildman–Crippen MR) is 88.7 cm³/mol. The van der Waals surface area contributed by atoms with Gasteiger partial charge >= 0.3 is 5.97 Å². The first-order valence-electron chi connectivity index (χ1n) is 7.41. The SMILES string of the molecule is COc1c(OC)c(OC(=O)C(C)C)c2cc(C)c(C)cc2c1O. The van der Waals surface area contributed by atoms with Crippen LogP contribution in [0.2, 0.25) is 0 Å². The van der Waals surface area contributed by atoms with Gasteiger partial charge in [0, 0.05) is 10.8 Å². The Labute approximate surface area is 135 Å². The molecular weight excluding hydrogens is 296 g/mol. The van der Waals surface area contributed by atoms with Crippen molar-refractivity contribution < 1.29 is 24.1 Å². The second-order valence-corrected chi connectivity index (χ2v) is 5.80. The van der Waals surface area contributed by atoms with Crippen LogP contribution in [0.25, 0.3) is 10.8 Å². The molecule has 23 heavy (non-hydrogen) atoms. The van der Waals surface area contributed by atoms with E-state index in [1.54, 1.807) is 13.8 Å². The molecule has 0 spiro atoms. The van der Waals surface area contributed by atoms with Gasteiger partial charge in [0.1, 0.15) is 0 Å². The maximum absolute atomic E-state index is 12.1. The Morgan fingerprint density at radius 2 is 1.48 bits per heavy atom. The van der Waals surface area contributed by atoms with Crippen LogP contribution in [0.3, 0.4) is 0 Å². The fourth-order valence-electron chi connectivity index (χ4n) is 2.35. The number of esters is 1. The van der Waals surface area contributed by atoms with Gasteiger partial charge in [-0.3, -0.25) is 4.79 Å². The first-order chi connectivity index (χ1) is 10.8. The molecule has 2 aromatic rings. The summed E-state index contributed by atoms with van der Waals surface area (Å²) < 4.78 is 16.2. The molecular formula is C18H22O5. The minimum absolute atomic E-state index is 0.0354. The number of rotatable bonds is 4. The lowest BCUT2D eigenvalue weighted by atomic mass is 10.00. The molecule has 0 heterocycles. The van der Waals surface area contributed by atoms with E-state index in [1.165, 1.54) is 14.2 Å². The number of phenols is 1. The van der Waals surface area contributed by atoms with Crippen LogP contribution in [0.1, 0.15) is 25.0 Å². The van der Waals surface area contributed by atoms with Crippen molar-refractivity contribution in [2.75, 3.05) is 14.2 Å². The van der Waals surface area contributed by atoms with E-state index < -0.39 is 0 Å². The lowest BCUT2D eigenvalue weighted by Crippen LogP contribution is -2.15. The first kappa shape index (κ1) is 16.9. The Morgan fingerprint density at radius 1 is 0.957 bits per heavy atom. The van der Waals surface area contributed by atoms with Crippen molar-refractivity contribution >= 4 is 16.7 Å². The predicted octanol–water partition coefficient (Wildman–Crippen LogP) is 3.74. The minimum atomic E-state index is -0.379. The molecule has 0 radical (unpaired) electrons. The van der Waals surface area contributed by atoms with Gasteiger partial charge in [-0.1, -0.05) is 13.8 Å². The molecule has 0 unspecified atom stereocenters. The lowest BCUT2D eigenvalue weighted by Gasteiger charge is -2.19. The van der Waals surface area contributed by atoms with Crippen molar-refractivity contribution in [3.8, 4) is 23.0 Å². The zero-order chi connectivity index (χ0) is 17.3. The van der Waals surface area contributed by atoms with Gasteiger partial charge in [-0.15, -0.1) is 0 Å². The number of hydrogen-bond acceptors (Lipinski definition) is 5. The minimum Gasteiger partial charge on any atom is -0.504 e. The van der Waals surface area contributed by atoms with Crippen molar-refractivity contribution in [1.29, 1.82) is 0 Å². The van der Waals surface area contributed by atoms with Gasteiger partial charge in [-0.05, 0) is 37.1 Å². The number of methoxy groups -OCH3 is 2. The summed E-state index contributed by atoms with van der Waals surface area (Å²) in [5.41, 5.74) is 2.03. The molecule has 0 bridgehead atoms. The molecule has 0 aliphatic carbocycles. The van der Waals surface area contributed by atoms with Crippen LogP contribution in [0.15, 0.2) is 12.1 Å². The molecule has 124 valence electrons. The van der Waals surface area contributed by atoms with Crippen LogP contribution in [0.5, 0.6) is 23.0 Å². The standard InChI is InChI=1S/C18H22O5/c1-9(2)18(20)23-15-13-8-11(4)10(3)7-12(13)14(19)16(21-5)17(15)22-6/h7-9,19H,1-6H3. The van der Waals surface area contributed by atoms with Crippen LogP contribution in [0.4, 0.5) is 0 Å². The summed E-state index contributed by atoms with van der Waals surface area (Å²) in [4.78, 5) is 12.1. The maximum Gasteiger partial charge on any atom is 0.313 e. The second-order valence-electron chi connectivity index (χ2n) is 5.80. The molecule has 0 aliphatic heterocycles. The molecule has 0 saturated carbocycles. The number of benzene rings is 2. The number of carbonyl (C=O) groups excluding carboxylic acids is 1. The van der Waals surface area contributed by atoms with Crippen LogP contribution in [-0.2, 0) is 4.79 Å². The average Bonchev–Trinajstić information content (AvgIpc) is 2.51. The van der Waals surface area contributed by atoms with Gasteiger partial charge in [-0.25, -0.2) is 0 Å². The Hall–Kier alpha value is -2.43. The normalized spacial score (nSPS) is 10.9. The third-order valence-corrected chi connectivity index (χ3v) is 3.84. The lowest BCUT2D eigenvalue weighted by molar-refractivity contribution is -0.137. The van der Waals surface area contributed by atoms with Gasteiger partial charge < -0.3 is 19.3 Å². The number of aromatic hydroxyl groups is 1. The summed E-state index contributed by atoms with van der Waals surface area (Å²) in [6.45, 7) is 7.41. The van der Waals surface area contributed by atoms with Crippen molar-refractivity contribution in [3.63, 3.8) is 0 Å². The van der Waals surface area contributed by atoms with E-state index in [1.807, 2.05) is 26.0 Å². The number of phenolic OH excluding ortho intramolecular Hbond substituents is 1. The van der Waals surface area contributed by atoms with Crippen LogP contribution in [0, 0.1) is 19.8 Å². The Balaban J connectivity index is 2.87. The molecule has 0 fully saturated rings. The van der Waals surface area contributed by atoms with Gasteiger partial charge in [0.05, 0.1) is 20.1 Å². The van der Waals surface area contributed by atoms with Gasteiger partial charge in [0.15, 0.2) is 11.5 Å². The third kappa shape index (κ3) is 2.91. The largest absolute Gasteiger partial charge is 0.504 e. The highest BCUT2D eigenvalue weighted by Crippen LogP contribution is 2.51. The Bertz CT molecular complexity index is 762. The summed E-state index contributed by atoms with van der Waals surface area (Å²) in [6, 6.07) is 3.71. The van der Waals surface area contributed by atoms with Crippen molar-refractivity contribution in [3.05, 3.63) is 23.3 Å². The van der Waals surface area contributed by atoms with Crippen molar-refractivity contribution in [1.82, 2.24) is 0 Å². The fourth-order valence-corrected chi connectivity index (χ4v) is 2.35. The zero-order valence-corrected chi connectivity index (χ0v) is 14.3. The van der Waals surface area contributed by atoms with Crippen molar-refractivity contribution in [2.45, 2.75) is 27.7 Å². The highest BCUT2D eigenvalue weighted by Gasteiger charge is 2.25. The van der Waals surface area contributed by atoms with E-state index in [0.29, 0.717) is 10.8 Å². The Morgan fingerprint density at radius 3 is 1.96 bits per heavy atom. The molecule has 0 amide bonds. The number of ether oxygens (including phenoxy) is 3. The van der Waals surface area contributed by atoms with E-state index in [4.69, 9.17) is 14.2 Å². The fraction of sp³-hybridized carbons (Fsp3) is 0.389. The van der Waals surface area contributed by atoms with Gasteiger partial charge in [-0.2, -0.15) is 0 Å². The highest BCUT2D eigenvalue weighted by molar-refractivity contribution is 6.00. The van der Waals surface area contributed by atoms with E-state index in [2.05, 4.69) is 0 Å². The summed E-state index contributed by atoms with van der Waals surface area (Å²) >= 11 is 0. The molecule has 5 heteroatoms. The molecule has 5 nitrogen and oxygen atoms in total. The molecule has 2 rings (SSSR count). The van der Waals surface area contributed by atoms with E-state index in [0.717, 1.165) is 11.1 Å². The molecule has 1 N–H and O–H groups in total. The number of carbonyl (C=O) groups is 1. The van der Waals surface area contributed by atoms with E-state index in [9.17, 15) is 9.90 Å². The van der Waals surface area contributed by atoms with Gasteiger partial charge in [0.25, 0.3) is 0 Å². The monoisotopic (exact) mass is 318 g/mol. The topological polar surface area (TPSA) is 65.0 Å². The van der Waals surface area contributed by atoms with Crippen LogP contribution >= 0.6 is 0 Å². The summed E-state index contributed by atoms with van der Waals surface area (Å²) in [5, 5.41) is 11.7. The maximum atomic E-state index is 12.1. The van der Waals surface area contributed by atoms with E-state index in [-0.39, 0.29) is 34.9 Å². The third-order valence-electron chi connectivity index (χ3n) is 3.84. The summed E-state index contributed by atoms with van der Waals surface area (Å²) in [6.07, 6.45) is 0. The second kappa shape index (κ2) is 6.36. The average molecular weight is 318 g/mol. The molecule has 2 aromatic carbocycles. The summed E-state index contributed by atoms with van der Waals surface area (Å²) in [7, 11) is 2.87. The molecule has 0 aliphatic rings. The molecule has 0 atom stereocenters. The molecule has 0 saturated heterocycles. The quantitative estimate of drug-likeness (QED) is 0.687.